The molecule has 236 valence electrons. The molecule has 0 aromatic carbocycles. The molecule has 7 N–H and O–H groups in total. The fourth-order valence-electron chi connectivity index (χ4n) is 4.67. The first kappa shape index (κ1) is 34.6. The van der Waals surface area contributed by atoms with E-state index in [-0.39, 0.29) is 31.7 Å². The Balaban J connectivity index is 2.16. The van der Waals surface area contributed by atoms with E-state index in [1.807, 2.05) is 13.8 Å². The molecule has 1 aliphatic heterocycles. The van der Waals surface area contributed by atoms with E-state index >= 15 is 0 Å². The quantitative estimate of drug-likeness (QED) is 0.124. The Hall–Kier alpha value is -4.56. The van der Waals surface area contributed by atoms with Crippen LogP contribution in [0.3, 0.4) is 0 Å². The summed E-state index contributed by atoms with van der Waals surface area (Å²) >= 11 is 0. The lowest BCUT2D eigenvalue weighted by Crippen LogP contribution is -2.58. The van der Waals surface area contributed by atoms with Crippen LogP contribution in [-0.4, -0.2) is 88.7 Å². The van der Waals surface area contributed by atoms with Crippen LogP contribution in [0.5, 0.6) is 0 Å². The van der Waals surface area contributed by atoms with E-state index in [2.05, 4.69) is 21.3 Å². The highest BCUT2D eigenvalue weighted by molar-refractivity contribution is 5.98. The van der Waals surface area contributed by atoms with Crippen molar-refractivity contribution < 1.29 is 43.2 Å². The van der Waals surface area contributed by atoms with Crippen molar-refractivity contribution in [3.05, 3.63) is 30.1 Å². The summed E-state index contributed by atoms with van der Waals surface area (Å²) in [6.07, 6.45) is 3.99. The van der Waals surface area contributed by atoms with Gasteiger partial charge < -0.3 is 37.0 Å². The summed E-state index contributed by atoms with van der Waals surface area (Å²) in [4.78, 5) is 88.8. The van der Waals surface area contributed by atoms with Gasteiger partial charge in [-0.1, -0.05) is 13.8 Å². The van der Waals surface area contributed by atoms with E-state index < -0.39 is 72.1 Å². The van der Waals surface area contributed by atoms with Gasteiger partial charge in [0.05, 0.1) is 0 Å². The molecule has 0 saturated carbocycles. The van der Waals surface area contributed by atoms with E-state index in [4.69, 9.17) is 10.8 Å². The zero-order valence-electron chi connectivity index (χ0n) is 24.9. The zero-order chi connectivity index (χ0) is 32.3. The number of aromatic nitrogens is 1. The van der Waals surface area contributed by atoms with Crippen molar-refractivity contribution in [2.24, 2.45) is 18.7 Å². The maximum absolute atomic E-state index is 13.6. The van der Waals surface area contributed by atoms with Crippen molar-refractivity contribution in [1.29, 1.82) is 0 Å². The zero-order valence-corrected chi connectivity index (χ0v) is 24.9. The normalized spacial score (nSPS) is 16.5. The maximum atomic E-state index is 13.6. The molecule has 15 heteroatoms. The van der Waals surface area contributed by atoms with E-state index in [0.29, 0.717) is 18.4 Å². The molecule has 0 unspecified atom stereocenters. The second-order valence-corrected chi connectivity index (χ2v) is 11.0. The van der Waals surface area contributed by atoms with Crippen molar-refractivity contribution in [2.45, 2.75) is 77.0 Å². The molecule has 1 aromatic heterocycles. The average Bonchev–Trinajstić information content (AvgIpc) is 3.42. The van der Waals surface area contributed by atoms with Gasteiger partial charge in [-0.05, 0) is 44.6 Å². The molecule has 4 atom stereocenters. The highest BCUT2D eigenvalue weighted by atomic mass is 16.4. The van der Waals surface area contributed by atoms with Gasteiger partial charge in [0.15, 0.2) is 12.4 Å². The number of amides is 6. The van der Waals surface area contributed by atoms with Crippen LogP contribution in [0.25, 0.3) is 0 Å². The molecule has 43 heavy (non-hydrogen) atoms. The number of carboxylic acids is 1. The second-order valence-electron chi connectivity index (χ2n) is 11.0. The summed E-state index contributed by atoms with van der Waals surface area (Å²) in [5.41, 5.74) is 5.60. The van der Waals surface area contributed by atoms with Crippen molar-refractivity contribution in [2.75, 3.05) is 13.1 Å². The number of likely N-dealkylation sites (tertiary alicyclic amines) is 1. The number of rotatable bonds is 15. The number of aryl methyl sites for hydroxylation is 1. The third-order valence-electron chi connectivity index (χ3n) is 6.83. The first-order valence-electron chi connectivity index (χ1n) is 14.1. The predicted octanol–water partition coefficient (Wildman–Crippen LogP) is -1.90. The molecule has 1 fully saturated rings. The molecule has 0 aliphatic carbocycles. The van der Waals surface area contributed by atoms with Gasteiger partial charge in [0.25, 0.3) is 5.91 Å². The lowest BCUT2D eigenvalue weighted by Gasteiger charge is -2.30. The Bertz CT molecular complexity index is 1220. The molecule has 15 nitrogen and oxygen atoms in total. The topological polar surface area (TPSA) is 221 Å². The number of nitrogens with two attached hydrogens (primary N) is 1. The van der Waals surface area contributed by atoms with Crippen LogP contribution in [-0.2, 0) is 35.8 Å². The molecule has 1 saturated heterocycles. The van der Waals surface area contributed by atoms with Gasteiger partial charge in [0.2, 0.25) is 29.5 Å². The summed E-state index contributed by atoms with van der Waals surface area (Å²) in [6, 6.07) is -1.01. The molecule has 0 spiro atoms. The lowest BCUT2D eigenvalue weighted by molar-refractivity contribution is -0.671. The Morgan fingerprint density at radius 3 is 2.33 bits per heavy atom. The highest BCUT2D eigenvalue weighted by Crippen LogP contribution is 2.20. The summed E-state index contributed by atoms with van der Waals surface area (Å²) < 4.78 is 1.67. The Kier molecular flexibility index (Phi) is 13.0. The molecule has 6 amide bonds. The van der Waals surface area contributed by atoms with Gasteiger partial charge in [-0.15, -0.1) is 0 Å². The number of hydrogen-bond acceptors (Lipinski definition) is 7. The number of pyridine rings is 1. The average molecular weight is 605 g/mol. The molecule has 2 heterocycles. The fraction of sp³-hybridized carbons (Fsp3) is 0.571. The lowest BCUT2D eigenvalue weighted by atomic mass is 10.0. The van der Waals surface area contributed by atoms with E-state index in [1.54, 1.807) is 36.1 Å². The second kappa shape index (κ2) is 16.2. The number of carbonyl (C=O) groups excluding carboxylic acids is 6. The van der Waals surface area contributed by atoms with Gasteiger partial charge in [0.1, 0.15) is 43.3 Å². The van der Waals surface area contributed by atoms with Gasteiger partial charge >= 0.3 is 5.97 Å². The first-order valence-corrected chi connectivity index (χ1v) is 14.1. The molecular formula is C28H42N7O8+. The van der Waals surface area contributed by atoms with Gasteiger partial charge in [-0.2, -0.15) is 0 Å². The number of nitrogens with one attached hydrogen (secondary N) is 4. The molecular weight excluding hydrogens is 562 g/mol. The molecule has 1 aliphatic rings. The van der Waals surface area contributed by atoms with E-state index in [9.17, 15) is 33.6 Å². The fourth-order valence-corrected chi connectivity index (χ4v) is 4.67. The van der Waals surface area contributed by atoms with Crippen LogP contribution in [0.15, 0.2) is 24.5 Å². The minimum absolute atomic E-state index is 0.0511. The van der Waals surface area contributed by atoms with Gasteiger partial charge in [-0.3, -0.25) is 33.6 Å². The van der Waals surface area contributed by atoms with Crippen LogP contribution in [0, 0.1) is 5.92 Å². The first-order chi connectivity index (χ1) is 20.2. The predicted molar refractivity (Wildman–Crippen MR) is 152 cm³/mol. The molecule has 0 bridgehead atoms. The minimum atomic E-state index is -1.26. The molecule has 2 rings (SSSR count). The number of aliphatic carboxylic acids is 1. The SMILES string of the molecule is CC(C)C[C@H](NC(=O)[C@H](CCC(N)=O)NC(=O)[C@H](C)NC(=O)c1ccc[n+](C)c1)C(=O)N1CCC[C@H]1C(=O)NCC(=O)O. The summed E-state index contributed by atoms with van der Waals surface area (Å²) in [6.45, 7) is 4.78. The summed E-state index contributed by atoms with van der Waals surface area (Å²) in [5, 5.41) is 18.9. The number of carboxylic acid groups (broad SMARTS) is 1. The Morgan fingerprint density at radius 2 is 1.72 bits per heavy atom. The van der Waals surface area contributed by atoms with Crippen molar-refractivity contribution >= 4 is 41.4 Å². The number of primary amides is 1. The smallest absolute Gasteiger partial charge is 0.322 e. The summed E-state index contributed by atoms with van der Waals surface area (Å²) in [7, 11) is 1.74. The molecule has 0 radical (unpaired) electrons. The van der Waals surface area contributed by atoms with Crippen LogP contribution < -0.4 is 31.6 Å². The van der Waals surface area contributed by atoms with Gasteiger partial charge in [0, 0.05) is 19.0 Å². The standard InChI is InChI=1S/C28H41N7O8/c1-16(2)13-20(28(43)35-12-6-8-21(35)27(42)30-14-23(37)38)33-26(41)19(9-10-22(29)36)32-24(39)17(3)31-25(40)18-7-5-11-34(4)15-18/h5,7,11,15-17,19-21H,6,8-10,12-14H2,1-4H3,(H6-,29,30,31,32,33,36,37,38,39,40,41,42)/p+1/t17-,19-,20-,21-/m0/s1. The summed E-state index contributed by atoms with van der Waals surface area (Å²) in [5.74, 6) is -5.04. The third-order valence-corrected chi connectivity index (χ3v) is 6.83. The maximum Gasteiger partial charge on any atom is 0.322 e. The highest BCUT2D eigenvalue weighted by Gasteiger charge is 2.38. The Morgan fingerprint density at radius 1 is 1.05 bits per heavy atom. The van der Waals surface area contributed by atoms with E-state index in [0.717, 1.165) is 0 Å². The monoisotopic (exact) mass is 604 g/mol. The Labute approximate surface area is 249 Å². The van der Waals surface area contributed by atoms with Crippen molar-refractivity contribution in [1.82, 2.24) is 26.2 Å². The van der Waals surface area contributed by atoms with Crippen molar-refractivity contribution in [3.63, 3.8) is 0 Å². The number of nitrogens with zero attached hydrogens (tertiary/aromatic N) is 2. The van der Waals surface area contributed by atoms with Gasteiger partial charge in [-0.25, -0.2) is 4.57 Å². The van der Waals surface area contributed by atoms with Crippen molar-refractivity contribution in [3.8, 4) is 0 Å². The van der Waals surface area contributed by atoms with Crippen LogP contribution >= 0.6 is 0 Å². The van der Waals surface area contributed by atoms with E-state index in [1.165, 1.54) is 11.8 Å². The van der Waals surface area contributed by atoms with Crippen LogP contribution in [0.2, 0.25) is 0 Å². The van der Waals surface area contributed by atoms with Crippen LogP contribution in [0.4, 0.5) is 0 Å². The minimum Gasteiger partial charge on any atom is -0.480 e. The molecule has 1 aromatic rings. The third kappa shape index (κ3) is 11.0. The number of carbonyl (C=O) groups is 7. The largest absolute Gasteiger partial charge is 0.480 e. The number of hydrogen-bond donors (Lipinski definition) is 6. The van der Waals surface area contributed by atoms with Crippen LogP contribution in [0.1, 0.15) is 63.2 Å².